The molecule has 0 saturated carbocycles. The minimum atomic E-state index is -4.57. The molecule has 10 heteroatoms. The summed E-state index contributed by atoms with van der Waals surface area (Å²) in [4.78, 5) is 12.9. The van der Waals surface area contributed by atoms with Gasteiger partial charge in [0.2, 0.25) is 11.6 Å². The molecule has 0 unspecified atom stereocenters. The Morgan fingerprint density at radius 2 is 1.96 bits per heavy atom. The Morgan fingerprint density at radius 3 is 2.54 bits per heavy atom. The van der Waals surface area contributed by atoms with E-state index in [4.69, 9.17) is 27.6 Å². The number of amides is 1. The van der Waals surface area contributed by atoms with Crippen LogP contribution in [0.4, 0.5) is 18.9 Å². The van der Waals surface area contributed by atoms with Crippen LogP contribution < -0.4 is 4.90 Å². The first kappa shape index (κ1) is 20.5. The van der Waals surface area contributed by atoms with E-state index in [0.717, 1.165) is 0 Å². The van der Waals surface area contributed by atoms with Gasteiger partial charge in [-0.3, -0.25) is 9.69 Å². The molecule has 0 atom stereocenters. The van der Waals surface area contributed by atoms with Crippen molar-refractivity contribution in [3.05, 3.63) is 39.7 Å². The molecule has 1 aromatic carbocycles. The lowest BCUT2D eigenvalue weighted by Gasteiger charge is -2.22. The number of oxazole rings is 1. The van der Waals surface area contributed by atoms with Gasteiger partial charge in [0.1, 0.15) is 23.7 Å². The molecule has 0 aliphatic carbocycles. The zero-order valence-corrected chi connectivity index (χ0v) is 16.7. The van der Waals surface area contributed by atoms with Crippen LogP contribution in [0.3, 0.4) is 0 Å². The minimum absolute atomic E-state index is 0.0105. The van der Waals surface area contributed by atoms with Crippen LogP contribution in [0.1, 0.15) is 24.8 Å². The van der Waals surface area contributed by atoms with Gasteiger partial charge < -0.3 is 4.42 Å². The zero-order valence-electron chi connectivity index (χ0n) is 15.2. The number of aryl methyl sites for hydroxylation is 2. The number of alkyl halides is 3. The van der Waals surface area contributed by atoms with E-state index in [2.05, 4.69) is 5.10 Å². The molecule has 0 fully saturated rings. The van der Waals surface area contributed by atoms with Crippen molar-refractivity contribution < 1.29 is 22.4 Å². The number of benzene rings is 1. The van der Waals surface area contributed by atoms with Gasteiger partial charge in [-0.15, -0.1) is 0 Å². The average molecular weight is 434 g/mol. The van der Waals surface area contributed by atoms with Crippen molar-refractivity contribution in [2.45, 2.75) is 33.4 Å². The van der Waals surface area contributed by atoms with Crippen molar-refractivity contribution in [2.75, 3.05) is 11.4 Å². The maximum atomic E-state index is 13.1. The van der Waals surface area contributed by atoms with E-state index >= 15 is 0 Å². The third-order valence-electron chi connectivity index (χ3n) is 4.18. The van der Waals surface area contributed by atoms with E-state index in [1.807, 2.05) is 0 Å². The van der Waals surface area contributed by atoms with Crippen LogP contribution in [0.15, 0.2) is 22.6 Å². The Kier molecular flexibility index (Phi) is 5.38. The van der Waals surface area contributed by atoms with Crippen molar-refractivity contribution >= 4 is 40.5 Å². The highest BCUT2D eigenvalue weighted by molar-refractivity contribution is 6.36. The summed E-state index contributed by atoms with van der Waals surface area (Å²) in [5.74, 6) is -0.292. The SMILES string of the molecule is CCC(=O)N(CC(F)(F)F)c1c(C)nn2c(-c3ccc(Cl)cc3Cl)c(C)oc12. The lowest BCUT2D eigenvalue weighted by atomic mass is 10.1. The molecule has 2 aromatic heterocycles. The number of fused-ring (bicyclic) bond motifs is 1. The molecule has 150 valence electrons. The van der Waals surface area contributed by atoms with Gasteiger partial charge in [0.15, 0.2) is 0 Å². The van der Waals surface area contributed by atoms with E-state index in [1.54, 1.807) is 25.1 Å². The molecular formula is C18H16Cl2F3N3O2. The maximum Gasteiger partial charge on any atom is 0.406 e. The molecule has 0 aliphatic rings. The zero-order chi connectivity index (χ0) is 20.8. The Balaban J connectivity index is 2.23. The molecular weight excluding hydrogens is 418 g/mol. The Labute approximate surface area is 168 Å². The number of carbonyl (C=O) groups excluding carboxylic acids is 1. The maximum absolute atomic E-state index is 13.1. The summed E-state index contributed by atoms with van der Waals surface area (Å²) in [6, 6.07) is 4.85. The second-order valence-electron chi connectivity index (χ2n) is 6.23. The van der Waals surface area contributed by atoms with E-state index in [0.29, 0.717) is 32.0 Å². The third-order valence-corrected chi connectivity index (χ3v) is 4.73. The lowest BCUT2D eigenvalue weighted by Crippen LogP contribution is -2.39. The summed E-state index contributed by atoms with van der Waals surface area (Å²) in [6.07, 6.45) is -4.67. The smallest absolute Gasteiger partial charge is 0.406 e. The third kappa shape index (κ3) is 3.71. The molecule has 0 aliphatic heterocycles. The van der Waals surface area contributed by atoms with Crippen molar-refractivity contribution in [1.82, 2.24) is 9.61 Å². The highest BCUT2D eigenvalue weighted by Crippen LogP contribution is 2.38. The highest BCUT2D eigenvalue weighted by atomic mass is 35.5. The van der Waals surface area contributed by atoms with Gasteiger partial charge in [-0.2, -0.15) is 22.8 Å². The van der Waals surface area contributed by atoms with Crippen LogP contribution in [0, 0.1) is 13.8 Å². The Hall–Kier alpha value is -2.19. The molecule has 28 heavy (non-hydrogen) atoms. The second-order valence-corrected chi connectivity index (χ2v) is 7.07. The van der Waals surface area contributed by atoms with Crippen LogP contribution >= 0.6 is 23.2 Å². The molecule has 0 bridgehead atoms. The summed E-state index contributed by atoms with van der Waals surface area (Å²) in [6.45, 7) is 3.23. The van der Waals surface area contributed by atoms with Crippen molar-refractivity contribution in [1.29, 1.82) is 0 Å². The fourth-order valence-corrected chi connectivity index (χ4v) is 3.54. The number of anilines is 1. The van der Waals surface area contributed by atoms with Gasteiger partial charge >= 0.3 is 6.18 Å². The van der Waals surface area contributed by atoms with E-state index < -0.39 is 18.6 Å². The monoisotopic (exact) mass is 433 g/mol. The van der Waals surface area contributed by atoms with Crippen LogP contribution in [-0.2, 0) is 4.79 Å². The van der Waals surface area contributed by atoms with E-state index in [9.17, 15) is 18.0 Å². The summed E-state index contributed by atoms with van der Waals surface area (Å²) in [5.41, 5.74) is 1.30. The summed E-state index contributed by atoms with van der Waals surface area (Å²) < 4.78 is 46.3. The molecule has 3 aromatic rings. The normalized spacial score (nSPS) is 12.0. The van der Waals surface area contributed by atoms with Gasteiger partial charge in [-0.05, 0) is 32.0 Å². The molecule has 0 radical (unpaired) electrons. The number of aromatic nitrogens is 2. The van der Waals surface area contributed by atoms with Crippen LogP contribution in [-0.4, -0.2) is 28.2 Å². The number of halogens is 5. The van der Waals surface area contributed by atoms with Crippen LogP contribution in [0.25, 0.3) is 17.0 Å². The molecule has 0 saturated heterocycles. The van der Waals surface area contributed by atoms with Gasteiger partial charge in [-0.1, -0.05) is 30.1 Å². The molecule has 3 rings (SSSR count). The molecule has 2 heterocycles. The van der Waals surface area contributed by atoms with Gasteiger partial charge in [0.25, 0.3) is 0 Å². The van der Waals surface area contributed by atoms with E-state index in [1.165, 1.54) is 18.4 Å². The number of hydrogen-bond donors (Lipinski definition) is 0. The first-order valence-electron chi connectivity index (χ1n) is 8.34. The summed E-state index contributed by atoms with van der Waals surface area (Å²) in [7, 11) is 0. The van der Waals surface area contributed by atoms with Crippen molar-refractivity contribution in [2.24, 2.45) is 0 Å². The highest BCUT2D eigenvalue weighted by Gasteiger charge is 2.36. The Bertz CT molecular complexity index is 1060. The molecule has 5 nitrogen and oxygen atoms in total. The fourth-order valence-electron chi connectivity index (χ4n) is 3.04. The first-order chi connectivity index (χ1) is 13.0. The van der Waals surface area contributed by atoms with Crippen molar-refractivity contribution in [3.8, 4) is 11.3 Å². The Morgan fingerprint density at radius 1 is 1.29 bits per heavy atom. The largest absolute Gasteiger partial charge is 0.439 e. The average Bonchev–Trinajstić information content (AvgIpc) is 3.05. The van der Waals surface area contributed by atoms with Gasteiger partial charge in [-0.25, -0.2) is 0 Å². The minimum Gasteiger partial charge on any atom is -0.439 e. The summed E-state index contributed by atoms with van der Waals surface area (Å²) >= 11 is 12.2. The molecule has 0 N–H and O–H groups in total. The molecule has 0 spiro atoms. The first-order valence-corrected chi connectivity index (χ1v) is 9.10. The number of nitrogens with zero attached hydrogens (tertiary/aromatic N) is 3. The quantitative estimate of drug-likeness (QED) is 0.520. The summed E-state index contributed by atoms with van der Waals surface area (Å²) in [5, 5.41) is 5.09. The number of carbonyl (C=O) groups is 1. The fraction of sp³-hybridized carbons (Fsp3) is 0.333. The lowest BCUT2D eigenvalue weighted by molar-refractivity contribution is -0.132. The standard InChI is InChI=1S/C18H16Cl2F3N3O2/c1-4-14(27)25(8-18(21,22)23)15-9(2)24-26-16(10(3)28-17(15)26)12-6-5-11(19)7-13(12)20/h5-7H,4,8H2,1-3H3. The van der Waals surface area contributed by atoms with Crippen LogP contribution in [0.2, 0.25) is 10.0 Å². The predicted molar refractivity (Wildman–Crippen MR) is 101 cm³/mol. The van der Waals surface area contributed by atoms with E-state index in [-0.39, 0.29) is 23.5 Å². The predicted octanol–water partition coefficient (Wildman–Crippen LogP) is 5.82. The van der Waals surface area contributed by atoms with Gasteiger partial charge in [0, 0.05) is 17.0 Å². The van der Waals surface area contributed by atoms with Gasteiger partial charge in [0.05, 0.1) is 10.7 Å². The topological polar surface area (TPSA) is 50.8 Å². The second kappa shape index (κ2) is 7.33. The number of rotatable bonds is 4. The molecule has 1 amide bonds. The van der Waals surface area contributed by atoms with Crippen molar-refractivity contribution in [3.63, 3.8) is 0 Å². The number of hydrogen-bond acceptors (Lipinski definition) is 3. The van der Waals surface area contributed by atoms with Crippen LogP contribution in [0.5, 0.6) is 0 Å².